The third-order valence-corrected chi connectivity index (χ3v) is 4.29. The molecule has 0 aromatic carbocycles. The molecular weight excluding hydrogens is 321 g/mol. The van der Waals surface area contributed by atoms with Crippen LogP contribution in [0, 0.1) is 13.8 Å². The molecule has 8 heteroatoms. The van der Waals surface area contributed by atoms with E-state index in [0.29, 0.717) is 36.3 Å². The topological polar surface area (TPSA) is 50.5 Å². The fourth-order valence-corrected chi connectivity index (χ4v) is 3.21. The lowest BCUT2D eigenvalue weighted by Gasteiger charge is -2.31. The van der Waals surface area contributed by atoms with Crippen molar-refractivity contribution in [2.45, 2.75) is 51.7 Å². The molecule has 1 atom stereocenters. The average molecular weight is 340 g/mol. The van der Waals surface area contributed by atoms with E-state index in [0.717, 1.165) is 4.90 Å². The number of hydrogen-bond donors (Lipinski definition) is 0. The van der Waals surface area contributed by atoms with Gasteiger partial charge in [0.1, 0.15) is 11.7 Å². The number of aryl methyl sites for hydroxylation is 2. The van der Waals surface area contributed by atoms with E-state index in [1.54, 1.807) is 19.9 Å². The standard InChI is InChI=1S/C16H19F3N4O/c1-10-8-12(23-14(20-10)9-11(2)21-23)15(24)22-7-5-3-4-6-13(22)16(17,18)19/h8-9,13H,3-7H2,1-2H3. The minimum Gasteiger partial charge on any atom is -0.325 e. The molecule has 0 bridgehead atoms. The summed E-state index contributed by atoms with van der Waals surface area (Å²) in [4.78, 5) is 18.2. The molecule has 1 fully saturated rings. The van der Waals surface area contributed by atoms with Crippen molar-refractivity contribution in [2.75, 3.05) is 6.54 Å². The molecule has 3 heterocycles. The molecule has 1 unspecified atom stereocenters. The van der Waals surface area contributed by atoms with Crippen LogP contribution in [0.4, 0.5) is 13.2 Å². The molecule has 1 saturated heterocycles. The van der Waals surface area contributed by atoms with Gasteiger partial charge < -0.3 is 4.90 Å². The molecule has 0 radical (unpaired) electrons. The maximum atomic E-state index is 13.4. The van der Waals surface area contributed by atoms with Crippen LogP contribution in [0.3, 0.4) is 0 Å². The van der Waals surface area contributed by atoms with E-state index in [2.05, 4.69) is 10.1 Å². The molecular formula is C16H19F3N4O. The second-order valence-corrected chi connectivity index (χ2v) is 6.24. The highest BCUT2D eigenvalue weighted by Crippen LogP contribution is 2.32. The molecule has 0 saturated carbocycles. The number of likely N-dealkylation sites (tertiary alicyclic amines) is 1. The van der Waals surface area contributed by atoms with Crippen LogP contribution in [0.1, 0.15) is 47.6 Å². The highest BCUT2D eigenvalue weighted by atomic mass is 19.4. The van der Waals surface area contributed by atoms with E-state index in [1.807, 2.05) is 0 Å². The van der Waals surface area contributed by atoms with Crippen molar-refractivity contribution in [3.8, 4) is 0 Å². The summed E-state index contributed by atoms with van der Waals surface area (Å²) in [5.74, 6) is -0.641. The van der Waals surface area contributed by atoms with E-state index < -0.39 is 18.1 Å². The molecule has 2 aromatic heterocycles. The highest BCUT2D eigenvalue weighted by Gasteiger charge is 2.46. The maximum absolute atomic E-state index is 13.4. The quantitative estimate of drug-likeness (QED) is 0.800. The zero-order valence-corrected chi connectivity index (χ0v) is 13.6. The first-order valence-corrected chi connectivity index (χ1v) is 7.99. The van der Waals surface area contributed by atoms with Crippen LogP contribution in [-0.4, -0.2) is 44.2 Å². The van der Waals surface area contributed by atoms with Gasteiger partial charge in [-0.2, -0.15) is 18.3 Å². The molecule has 2 aromatic rings. The number of halogens is 3. The summed E-state index contributed by atoms with van der Waals surface area (Å²) < 4.78 is 41.6. The lowest BCUT2D eigenvalue weighted by molar-refractivity contribution is -0.177. The van der Waals surface area contributed by atoms with Crippen molar-refractivity contribution >= 4 is 11.6 Å². The second kappa shape index (κ2) is 6.07. The van der Waals surface area contributed by atoms with Gasteiger partial charge in [0, 0.05) is 18.3 Å². The summed E-state index contributed by atoms with van der Waals surface area (Å²) in [5, 5.41) is 4.21. The zero-order valence-electron chi connectivity index (χ0n) is 13.6. The van der Waals surface area contributed by atoms with Crippen LogP contribution in [0.2, 0.25) is 0 Å². The Morgan fingerprint density at radius 1 is 1.17 bits per heavy atom. The number of alkyl halides is 3. The van der Waals surface area contributed by atoms with E-state index >= 15 is 0 Å². The third kappa shape index (κ3) is 3.09. The molecule has 3 rings (SSSR count). The predicted octanol–water partition coefficient (Wildman–Crippen LogP) is 3.29. The van der Waals surface area contributed by atoms with Crippen molar-refractivity contribution in [2.24, 2.45) is 0 Å². The van der Waals surface area contributed by atoms with Gasteiger partial charge in [-0.05, 0) is 32.8 Å². The maximum Gasteiger partial charge on any atom is 0.408 e. The fraction of sp³-hybridized carbons (Fsp3) is 0.562. The third-order valence-electron chi connectivity index (χ3n) is 4.29. The fourth-order valence-electron chi connectivity index (χ4n) is 3.21. The number of amides is 1. The van der Waals surface area contributed by atoms with Crippen molar-refractivity contribution < 1.29 is 18.0 Å². The van der Waals surface area contributed by atoms with Crippen LogP contribution < -0.4 is 0 Å². The smallest absolute Gasteiger partial charge is 0.325 e. The molecule has 5 nitrogen and oxygen atoms in total. The summed E-state index contributed by atoms with van der Waals surface area (Å²) in [6, 6.07) is 1.46. The number of carbonyl (C=O) groups excluding carboxylic acids is 1. The van der Waals surface area contributed by atoms with E-state index in [4.69, 9.17) is 0 Å². The largest absolute Gasteiger partial charge is 0.408 e. The summed E-state index contributed by atoms with van der Waals surface area (Å²) in [5.41, 5.74) is 1.82. The SMILES string of the molecule is Cc1cc(C(=O)N2CCCCCC2C(F)(F)F)n2nc(C)cc2n1. The van der Waals surface area contributed by atoms with Gasteiger partial charge in [-0.3, -0.25) is 4.79 Å². The van der Waals surface area contributed by atoms with Crippen molar-refractivity contribution in [3.63, 3.8) is 0 Å². The Kier molecular flexibility index (Phi) is 4.23. The normalized spacial score (nSPS) is 19.5. The Balaban J connectivity index is 2.06. The van der Waals surface area contributed by atoms with Crippen molar-refractivity contribution in [3.05, 3.63) is 29.2 Å². The molecule has 1 aliphatic rings. The number of fused-ring (bicyclic) bond motifs is 1. The van der Waals surface area contributed by atoms with Crippen molar-refractivity contribution in [1.82, 2.24) is 19.5 Å². The Morgan fingerprint density at radius 3 is 2.62 bits per heavy atom. The van der Waals surface area contributed by atoms with E-state index in [1.165, 1.54) is 10.6 Å². The molecule has 0 N–H and O–H groups in total. The highest BCUT2D eigenvalue weighted by molar-refractivity contribution is 5.93. The second-order valence-electron chi connectivity index (χ2n) is 6.24. The van der Waals surface area contributed by atoms with Crippen LogP contribution in [0.5, 0.6) is 0 Å². The van der Waals surface area contributed by atoms with E-state index in [-0.39, 0.29) is 18.7 Å². The molecule has 0 spiro atoms. The number of carbonyl (C=O) groups is 1. The Labute approximate surface area is 137 Å². The van der Waals surface area contributed by atoms with Crippen LogP contribution >= 0.6 is 0 Å². The summed E-state index contributed by atoms with van der Waals surface area (Å²) in [6.45, 7) is 3.57. The van der Waals surface area contributed by atoms with E-state index in [9.17, 15) is 18.0 Å². The number of nitrogens with zero attached hydrogens (tertiary/aromatic N) is 4. The van der Waals surface area contributed by atoms with Gasteiger partial charge in [0.25, 0.3) is 5.91 Å². The lowest BCUT2D eigenvalue weighted by atomic mass is 10.1. The van der Waals surface area contributed by atoms with Gasteiger partial charge >= 0.3 is 6.18 Å². The number of hydrogen-bond acceptors (Lipinski definition) is 3. The Hall–Kier alpha value is -2.12. The molecule has 0 aliphatic carbocycles. The van der Waals surface area contributed by atoms with Crippen LogP contribution in [0.25, 0.3) is 5.65 Å². The number of aromatic nitrogens is 3. The first kappa shape index (κ1) is 16.7. The van der Waals surface area contributed by atoms with Gasteiger partial charge in [0.05, 0.1) is 5.69 Å². The lowest BCUT2D eigenvalue weighted by Crippen LogP contribution is -2.48. The Morgan fingerprint density at radius 2 is 1.92 bits per heavy atom. The first-order chi connectivity index (χ1) is 11.3. The first-order valence-electron chi connectivity index (χ1n) is 7.99. The molecule has 24 heavy (non-hydrogen) atoms. The zero-order chi connectivity index (χ0) is 17.5. The minimum atomic E-state index is -4.43. The van der Waals surface area contributed by atoms with Crippen LogP contribution in [-0.2, 0) is 0 Å². The van der Waals surface area contributed by atoms with Gasteiger partial charge in [-0.25, -0.2) is 9.50 Å². The predicted molar refractivity (Wildman–Crippen MR) is 81.8 cm³/mol. The monoisotopic (exact) mass is 340 g/mol. The summed E-state index contributed by atoms with van der Waals surface area (Å²) in [6.07, 6.45) is -2.74. The summed E-state index contributed by atoms with van der Waals surface area (Å²) >= 11 is 0. The van der Waals surface area contributed by atoms with Crippen molar-refractivity contribution in [1.29, 1.82) is 0 Å². The van der Waals surface area contributed by atoms with Crippen LogP contribution in [0.15, 0.2) is 12.1 Å². The average Bonchev–Trinajstić information content (AvgIpc) is 2.71. The van der Waals surface area contributed by atoms with Gasteiger partial charge in [0.2, 0.25) is 0 Å². The summed E-state index contributed by atoms with van der Waals surface area (Å²) in [7, 11) is 0. The molecule has 130 valence electrons. The van der Waals surface area contributed by atoms with Gasteiger partial charge in [0.15, 0.2) is 5.65 Å². The van der Waals surface area contributed by atoms with Gasteiger partial charge in [-0.1, -0.05) is 12.8 Å². The van der Waals surface area contributed by atoms with Gasteiger partial charge in [-0.15, -0.1) is 0 Å². The number of rotatable bonds is 1. The molecule has 1 amide bonds. The molecule has 1 aliphatic heterocycles. The minimum absolute atomic E-state index is 0.0550. The Bertz CT molecular complexity index is 769.